The van der Waals surface area contributed by atoms with Crippen molar-refractivity contribution < 1.29 is 13.9 Å². The number of esters is 1. The molecule has 0 radical (unpaired) electrons. The SMILES string of the molecule is COC(=O)/C=C/c1cc(F)cc(N=Cc2ccc(Br)cc2)c1. The minimum atomic E-state index is -0.496. The molecule has 3 nitrogen and oxygen atoms in total. The van der Waals surface area contributed by atoms with Gasteiger partial charge in [0.1, 0.15) is 5.82 Å². The van der Waals surface area contributed by atoms with Gasteiger partial charge in [-0.15, -0.1) is 0 Å². The van der Waals surface area contributed by atoms with Crippen LogP contribution in [-0.2, 0) is 9.53 Å². The zero-order valence-corrected chi connectivity index (χ0v) is 13.4. The van der Waals surface area contributed by atoms with Gasteiger partial charge in [0.2, 0.25) is 0 Å². The maximum atomic E-state index is 13.6. The van der Waals surface area contributed by atoms with E-state index in [1.165, 1.54) is 31.4 Å². The summed E-state index contributed by atoms with van der Waals surface area (Å²) in [6.45, 7) is 0. The second kappa shape index (κ2) is 7.66. The third-order valence-corrected chi connectivity index (χ3v) is 3.28. The Labute approximate surface area is 136 Å². The van der Waals surface area contributed by atoms with Crippen molar-refractivity contribution in [2.45, 2.75) is 0 Å². The van der Waals surface area contributed by atoms with Crippen LogP contribution in [0.3, 0.4) is 0 Å². The van der Waals surface area contributed by atoms with Crippen LogP contribution >= 0.6 is 15.9 Å². The molecule has 0 saturated carbocycles. The van der Waals surface area contributed by atoms with E-state index in [0.29, 0.717) is 11.3 Å². The number of aliphatic imine (C=N–C) groups is 1. The van der Waals surface area contributed by atoms with Gasteiger partial charge in [-0.3, -0.25) is 4.99 Å². The Morgan fingerprint density at radius 1 is 1.18 bits per heavy atom. The van der Waals surface area contributed by atoms with Gasteiger partial charge >= 0.3 is 5.97 Å². The maximum absolute atomic E-state index is 13.6. The molecule has 0 N–H and O–H groups in total. The highest BCUT2D eigenvalue weighted by Gasteiger charge is 1.99. The molecule has 0 aromatic heterocycles. The molecule has 22 heavy (non-hydrogen) atoms. The molecule has 0 fully saturated rings. The monoisotopic (exact) mass is 361 g/mol. The number of hydrogen-bond acceptors (Lipinski definition) is 3. The van der Waals surface area contributed by atoms with Crippen LogP contribution in [0.2, 0.25) is 0 Å². The van der Waals surface area contributed by atoms with Crippen LogP contribution in [0.5, 0.6) is 0 Å². The quantitative estimate of drug-likeness (QED) is 0.456. The van der Waals surface area contributed by atoms with Crippen molar-refractivity contribution in [1.82, 2.24) is 0 Å². The van der Waals surface area contributed by atoms with Gasteiger partial charge in [-0.25, -0.2) is 9.18 Å². The van der Waals surface area contributed by atoms with E-state index in [2.05, 4.69) is 25.7 Å². The lowest BCUT2D eigenvalue weighted by Gasteiger charge is -1.99. The maximum Gasteiger partial charge on any atom is 0.330 e. The van der Waals surface area contributed by atoms with Crippen molar-refractivity contribution in [2.75, 3.05) is 7.11 Å². The third-order valence-electron chi connectivity index (χ3n) is 2.75. The molecule has 2 rings (SSSR count). The van der Waals surface area contributed by atoms with E-state index in [1.807, 2.05) is 24.3 Å². The van der Waals surface area contributed by atoms with Crippen LogP contribution in [0.4, 0.5) is 10.1 Å². The van der Waals surface area contributed by atoms with E-state index >= 15 is 0 Å². The molecule has 0 aliphatic rings. The van der Waals surface area contributed by atoms with Crippen LogP contribution in [0.1, 0.15) is 11.1 Å². The molecule has 0 aliphatic heterocycles. The lowest BCUT2D eigenvalue weighted by molar-refractivity contribution is -0.134. The highest BCUT2D eigenvalue weighted by molar-refractivity contribution is 9.10. The average Bonchev–Trinajstić information content (AvgIpc) is 2.51. The van der Waals surface area contributed by atoms with E-state index in [0.717, 1.165) is 10.0 Å². The number of nitrogens with zero attached hydrogens (tertiary/aromatic N) is 1. The van der Waals surface area contributed by atoms with Crippen LogP contribution in [0, 0.1) is 5.82 Å². The summed E-state index contributed by atoms with van der Waals surface area (Å²) < 4.78 is 19.1. The van der Waals surface area contributed by atoms with Gasteiger partial charge in [0, 0.05) is 16.8 Å². The fourth-order valence-corrected chi connectivity index (χ4v) is 1.96. The molecular weight excluding hydrogens is 349 g/mol. The Bertz CT molecular complexity index is 724. The number of carbonyl (C=O) groups is 1. The number of carbonyl (C=O) groups excluding carboxylic acids is 1. The molecule has 112 valence electrons. The largest absolute Gasteiger partial charge is 0.466 e. The number of methoxy groups -OCH3 is 1. The average molecular weight is 362 g/mol. The molecular formula is C17H13BrFNO2. The van der Waals surface area contributed by atoms with E-state index in [4.69, 9.17) is 0 Å². The van der Waals surface area contributed by atoms with Gasteiger partial charge in [0.15, 0.2) is 0 Å². The first-order chi connectivity index (χ1) is 10.6. The Morgan fingerprint density at radius 2 is 1.91 bits per heavy atom. The zero-order chi connectivity index (χ0) is 15.9. The lowest BCUT2D eigenvalue weighted by Crippen LogP contribution is -1.93. The second-order valence-corrected chi connectivity index (χ2v) is 5.32. The first kappa shape index (κ1) is 16.1. The van der Waals surface area contributed by atoms with Gasteiger partial charge in [0.25, 0.3) is 0 Å². The Kier molecular flexibility index (Phi) is 5.61. The van der Waals surface area contributed by atoms with Crippen molar-refractivity contribution in [3.8, 4) is 0 Å². The Balaban J connectivity index is 2.20. The molecule has 0 spiro atoms. The molecule has 0 heterocycles. The van der Waals surface area contributed by atoms with Crippen LogP contribution in [0.15, 0.2) is 58.0 Å². The van der Waals surface area contributed by atoms with Gasteiger partial charge in [-0.05, 0) is 47.5 Å². The summed E-state index contributed by atoms with van der Waals surface area (Å²) in [5.41, 5.74) is 1.90. The fourth-order valence-electron chi connectivity index (χ4n) is 1.70. The van der Waals surface area contributed by atoms with Crippen molar-refractivity contribution in [3.05, 3.63) is 70.0 Å². The molecule has 0 saturated heterocycles. The zero-order valence-electron chi connectivity index (χ0n) is 11.8. The molecule has 0 aliphatic carbocycles. The van der Waals surface area contributed by atoms with Crippen molar-refractivity contribution in [1.29, 1.82) is 0 Å². The first-order valence-electron chi connectivity index (χ1n) is 6.43. The highest BCUT2D eigenvalue weighted by Crippen LogP contribution is 2.18. The predicted octanol–water partition coefficient (Wildman–Crippen LogP) is 4.53. The van der Waals surface area contributed by atoms with Crippen molar-refractivity contribution in [3.63, 3.8) is 0 Å². The Hall–Kier alpha value is -2.27. The van der Waals surface area contributed by atoms with Crippen LogP contribution in [-0.4, -0.2) is 19.3 Å². The van der Waals surface area contributed by atoms with Crippen molar-refractivity contribution >= 4 is 39.9 Å². The summed E-state index contributed by atoms with van der Waals surface area (Å²) in [7, 11) is 1.28. The summed E-state index contributed by atoms with van der Waals surface area (Å²) >= 11 is 3.36. The van der Waals surface area contributed by atoms with E-state index < -0.39 is 11.8 Å². The normalized spacial score (nSPS) is 11.2. The summed E-state index contributed by atoms with van der Waals surface area (Å²) in [5, 5.41) is 0. The first-order valence-corrected chi connectivity index (χ1v) is 7.22. The Morgan fingerprint density at radius 3 is 2.59 bits per heavy atom. The van der Waals surface area contributed by atoms with Crippen molar-refractivity contribution in [2.24, 2.45) is 4.99 Å². The highest BCUT2D eigenvalue weighted by atomic mass is 79.9. The smallest absolute Gasteiger partial charge is 0.330 e. The minimum Gasteiger partial charge on any atom is -0.466 e. The van der Waals surface area contributed by atoms with Gasteiger partial charge in [0.05, 0.1) is 12.8 Å². The number of halogens is 2. The van der Waals surface area contributed by atoms with Crippen LogP contribution < -0.4 is 0 Å². The molecule has 0 amide bonds. The molecule has 2 aromatic carbocycles. The van der Waals surface area contributed by atoms with E-state index in [-0.39, 0.29) is 0 Å². The second-order valence-electron chi connectivity index (χ2n) is 4.41. The summed E-state index contributed by atoms with van der Waals surface area (Å²) in [4.78, 5) is 15.3. The summed E-state index contributed by atoms with van der Waals surface area (Å²) in [5.74, 6) is -0.917. The number of rotatable bonds is 4. The van der Waals surface area contributed by atoms with Gasteiger partial charge in [-0.2, -0.15) is 0 Å². The van der Waals surface area contributed by atoms with Gasteiger partial charge in [-0.1, -0.05) is 28.1 Å². The number of benzene rings is 2. The van der Waals surface area contributed by atoms with E-state index in [1.54, 1.807) is 12.3 Å². The minimum absolute atomic E-state index is 0.421. The molecule has 5 heteroatoms. The van der Waals surface area contributed by atoms with Gasteiger partial charge < -0.3 is 4.74 Å². The number of ether oxygens (including phenoxy) is 1. The summed E-state index contributed by atoms with van der Waals surface area (Å²) in [6.07, 6.45) is 4.36. The third kappa shape index (κ3) is 4.93. The standard InChI is InChI=1S/C17H13BrFNO2/c1-22-17(21)7-4-13-8-15(19)10-16(9-13)20-11-12-2-5-14(18)6-3-12/h2-11H,1H3/b7-4+,20-11?. The molecule has 0 bridgehead atoms. The number of hydrogen-bond donors (Lipinski definition) is 0. The lowest BCUT2D eigenvalue weighted by atomic mass is 10.2. The van der Waals surface area contributed by atoms with E-state index in [9.17, 15) is 9.18 Å². The topological polar surface area (TPSA) is 38.7 Å². The molecule has 0 atom stereocenters. The predicted molar refractivity (Wildman–Crippen MR) is 88.8 cm³/mol. The van der Waals surface area contributed by atoms with Crippen LogP contribution in [0.25, 0.3) is 6.08 Å². The summed E-state index contributed by atoms with van der Waals surface area (Å²) in [6, 6.07) is 11.9. The molecule has 2 aromatic rings. The molecule has 0 unspecified atom stereocenters. The fraction of sp³-hybridized carbons (Fsp3) is 0.0588.